The van der Waals surface area contributed by atoms with E-state index in [0.717, 1.165) is 38.5 Å². The number of hydrogen-bond acceptors (Lipinski definition) is 8. The number of carbonyl (C=O) groups excluding carboxylic acids is 4. The third-order valence-electron chi connectivity index (χ3n) is 9.86. The fourth-order valence-corrected chi connectivity index (χ4v) is 7.42. The maximum absolute atomic E-state index is 12.9. The highest BCUT2D eigenvalue weighted by molar-refractivity contribution is 7.99. The molecule has 6 N–H and O–H groups in total. The lowest BCUT2D eigenvalue weighted by atomic mass is 10.0. The summed E-state index contributed by atoms with van der Waals surface area (Å²) in [6.45, 7) is 4.23. The molecule has 0 fully saturated rings. The van der Waals surface area contributed by atoms with Crippen molar-refractivity contribution in [1.29, 1.82) is 0 Å². The molecule has 3 atom stereocenters. The summed E-state index contributed by atoms with van der Waals surface area (Å²) in [7, 11) is 1.18. The minimum atomic E-state index is -1.18. The Morgan fingerprint density at radius 1 is 0.585 bits per heavy atom. The third kappa shape index (κ3) is 33.2. The van der Waals surface area contributed by atoms with E-state index in [1.54, 1.807) is 0 Å². The summed E-state index contributed by atoms with van der Waals surface area (Å²) >= 11 is 1.40. The quantitative estimate of drug-likeness (QED) is 0.0309. The predicted molar refractivity (Wildman–Crippen MR) is 222 cm³/mol. The van der Waals surface area contributed by atoms with E-state index in [4.69, 9.17) is 5.73 Å². The van der Waals surface area contributed by atoms with E-state index in [0.29, 0.717) is 25.1 Å². The van der Waals surface area contributed by atoms with Gasteiger partial charge in [-0.25, -0.2) is 4.79 Å². The van der Waals surface area contributed by atoms with Gasteiger partial charge in [0.05, 0.1) is 25.8 Å². The van der Waals surface area contributed by atoms with Crippen LogP contribution in [0.2, 0.25) is 0 Å². The molecule has 11 heteroatoms. The monoisotopic (exact) mass is 771 g/mol. The van der Waals surface area contributed by atoms with Gasteiger partial charge in [0.2, 0.25) is 17.7 Å². The number of nitrogens with two attached hydrogens (primary N) is 1. The summed E-state index contributed by atoms with van der Waals surface area (Å²) in [5.41, 5.74) is 6.05. The van der Waals surface area contributed by atoms with Crippen LogP contribution in [0.1, 0.15) is 194 Å². The van der Waals surface area contributed by atoms with Gasteiger partial charge >= 0.3 is 5.97 Å². The third-order valence-corrected chi connectivity index (χ3v) is 11.1. The van der Waals surface area contributed by atoms with Gasteiger partial charge in [-0.05, 0) is 12.8 Å². The number of thioether (sulfide) groups is 1. The van der Waals surface area contributed by atoms with Crippen LogP contribution in [-0.2, 0) is 23.9 Å². The number of ether oxygens (including phenoxy) is 1. The van der Waals surface area contributed by atoms with Crippen LogP contribution in [0.5, 0.6) is 0 Å². The molecular weight excluding hydrogens is 689 g/mol. The Morgan fingerprint density at radius 2 is 0.981 bits per heavy atom. The van der Waals surface area contributed by atoms with E-state index in [1.807, 2.05) is 0 Å². The Labute approximate surface area is 328 Å². The predicted octanol–water partition coefficient (Wildman–Crippen LogP) is 8.26. The first kappa shape index (κ1) is 51.1. The van der Waals surface area contributed by atoms with E-state index < -0.39 is 30.6 Å². The van der Waals surface area contributed by atoms with E-state index >= 15 is 0 Å². The fraction of sp³-hybridized carbons (Fsp3) is 0.905. The summed E-state index contributed by atoms with van der Waals surface area (Å²) in [6.07, 6.45) is 33.5. The van der Waals surface area contributed by atoms with Crippen LogP contribution in [0, 0.1) is 0 Å². The molecule has 312 valence electrons. The molecule has 0 aromatic carbocycles. The van der Waals surface area contributed by atoms with Crippen molar-refractivity contribution in [2.24, 2.45) is 5.73 Å². The van der Waals surface area contributed by atoms with Gasteiger partial charge in [-0.15, -0.1) is 0 Å². The molecule has 0 aromatic heterocycles. The molecule has 0 aliphatic carbocycles. The first-order valence-electron chi connectivity index (χ1n) is 21.7. The van der Waals surface area contributed by atoms with Gasteiger partial charge in [-0.1, -0.05) is 168 Å². The van der Waals surface area contributed by atoms with Gasteiger partial charge in [-0.3, -0.25) is 14.4 Å². The van der Waals surface area contributed by atoms with Crippen molar-refractivity contribution in [3.05, 3.63) is 0 Å². The minimum Gasteiger partial charge on any atom is -0.467 e. The molecule has 0 rings (SSSR count). The second-order valence-electron chi connectivity index (χ2n) is 15.0. The van der Waals surface area contributed by atoms with Gasteiger partial charge < -0.3 is 31.5 Å². The van der Waals surface area contributed by atoms with Crippen LogP contribution < -0.4 is 21.7 Å². The summed E-state index contributed by atoms with van der Waals surface area (Å²) in [5.74, 6) is -0.663. The Bertz CT molecular complexity index is 896. The van der Waals surface area contributed by atoms with Gasteiger partial charge in [0.1, 0.15) is 0 Å². The van der Waals surface area contributed by atoms with E-state index in [1.165, 1.54) is 147 Å². The van der Waals surface area contributed by atoms with E-state index in [2.05, 4.69) is 34.5 Å². The van der Waals surface area contributed by atoms with Crippen molar-refractivity contribution in [2.45, 2.75) is 212 Å². The maximum Gasteiger partial charge on any atom is 0.330 e. The van der Waals surface area contributed by atoms with Crippen molar-refractivity contribution in [3.8, 4) is 0 Å². The number of aliphatic hydroxyl groups excluding tert-OH is 1. The number of unbranched alkanes of at least 4 members (excludes halogenated alkanes) is 24. The Morgan fingerprint density at radius 3 is 1.38 bits per heavy atom. The zero-order valence-corrected chi connectivity index (χ0v) is 35.2. The standard InChI is InChI=1S/C42H82N4O6S/c1-4-6-8-10-12-14-16-18-20-22-24-26-28-30-39(48)44-32-36(34-53-35-37(43)41(50)46-38(33-47)42(51)52-3)45-40(49)31-29-27-25-23-21-19-17-15-13-11-9-7-5-2/h36-38,47H,4-35,43H2,1-3H3,(H,44,48)(H,45,49)(H,46,50)/t36-,37+,38+/m1/s1. The molecule has 0 spiro atoms. The molecule has 53 heavy (non-hydrogen) atoms. The Hall–Kier alpha value is -1.85. The van der Waals surface area contributed by atoms with Crippen LogP contribution in [0.4, 0.5) is 0 Å². The summed E-state index contributed by atoms with van der Waals surface area (Å²) in [5, 5.41) is 17.9. The number of amides is 3. The molecule has 0 aromatic rings. The maximum atomic E-state index is 12.9. The number of methoxy groups -OCH3 is 1. The molecule has 0 saturated carbocycles. The van der Waals surface area contributed by atoms with Crippen LogP contribution in [0.25, 0.3) is 0 Å². The number of rotatable bonds is 39. The second kappa shape index (κ2) is 38.4. The van der Waals surface area contributed by atoms with E-state index in [9.17, 15) is 24.3 Å². The highest BCUT2D eigenvalue weighted by Crippen LogP contribution is 2.15. The average molecular weight is 771 g/mol. The topological polar surface area (TPSA) is 160 Å². The molecule has 0 heterocycles. The number of aliphatic hydroxyl groups is 1. The highest BCUT2D eigenvalue weighted by atomic mass is 32.2. The number of esters is 1. The first-order chi connectivity index (χ1) is 25.8. The van der Waals surface area contributed by atoms with Crippen molar-refractivity contribution >= 4 is 35.5 Å². The molecule has 0 bridgehead atoms. The van der Waals surface area contributed by atoms with Gasteiger partial charge in [0.25, 0.3) is 0 Å². The molecule has 3 amide bonds. The molecule has 0 radical (unpaired) electrons. The smallest absolute Gasteiger partial charge is 0.330 e. The molecule has 0 aliphatic heterocycles. The molecule has 0 unspecified atom stereocenters. The van der Waals surface area contributed by atoms with Crippen LogP contribution in [0.15, 0.2) is 0 Å². The molecule has 0 aliphatic rings. The van der Waals surface area contributed by atoms with Crippen molar-refractivity contribution in [3.63, 3.8) is 0 Å². The Kier molecular flexibility index (Phi) is 37.1. The van der Waals surface area contributed by atoms with Crippen molar-refractivity contribution in [2.75, 3.05) is 31.8 Å². The summed E-state index contributed by atoms with van der Waals surface area (Å²) in [6, 6.07) is -2.41. The normalized spacial score (nSPS) is 12.9. The largest absolute Gasteiger partial charge is 0.467 e. The van der Waals surface area contributed by atoms with Gasteiger partial charge in [0, 0.05) is 30.9 Å². The number of hydrogen-bond donors (Lipinski definition) is 5. The molecular formula is C42H82N4O6S. The zero-order chi connectivity index (χ0) is 39.2. The number of carbonyl (C=O) groups is 4. The summed E-state index contributed by atoms with van der Waals surface area (Å²) in [4.78, 5) is 49.7. The van der Waals surface area contributed by atoms with Crippen LogP contribution in [0.3, 0.4) is 0 Å². The second-order valence-corrected chi connectivity index (χ2v) is 16.0. The lowest BCUT2D eigenvalue weighted by molar-refractivity contribution is -0.146. The molecule has 0 saturated heterocycles. The fourth-order valence-electron chi connectivity index (χ4n) is 6.40. The lowest BCUT2D eigenvalue weighted by Gasteiger charge is -2.21. The summed E-state index contributed by atoms with van der Waals surface area (Å²) < 4.78 is 4.59. The van der Waals surface area contributed by atoms with Crippen LogP contribution >= 0.6 is 11.8 Å². The first-order valence-corrected chi connectivity index (χ1v) is 22.8. The van der Waals surface area contributed by atoms with Crippen molar-refractivity contribution in [1.82, 2.24) is 16.0 Å². The Balaban J connectivity index is 4.49. The van der Waals surface area contributed by atoms with Crippen molar-refractivity contribution < 1.29 is 29.0 Å². The zero-order valence-electron chi connectivity index (χ0n) is 34.3. The number of nitrogens with one attached hydrogen (secondary N) is 3. The molecule has 10 nitrogen and oxygen atoms in total. The van der Waals surface area contributed by atoms with E-state index in [-0.39, 0.29) is 23.6 Å². The van der Waals surface area contributed by atoms with Gasteiger partial charge in [-0.2, -0.15) is 11.8 Å². The lowest BCUT2D eigenvalue weighted by Crippen LogP contribution is -2.51. The highest BCUT2D eigenvalue weighted by Gasteiger charge is 2.24. The van der Waals surface area contributed by atoms with Crippen LogP contribution in [-0.4, -0.2) is 78.7 Å². The SMILES string of the molecule is CCCCCCCCCCCCCCCC(=O)NC[C@H](CSC[C@H](N)C(=O)N[C@@H](CO)C(=O)OC)NC(=O)CCCCCCCCCCCCCCC. The van der Waals surface area contributed by atoms with Gasteiger partial charge in [0.15, 0.2) is 6.04 Å². The average Bonchev–Trinajstić information content (AvgIpc) is 3.15. The minimum absolute atomic E-state index is 0.0113.